The van der Waals surface area contributed by atoms with Crippen LogP contribution >= 0.6 is 11.8 Å². The van der Waals surface area contributed by atoms with Gasteiger partial charge in [0, 0.05) is 30.1 Å². The minimum absolute atomic E-state index is 0.258. The zero-order valence-corrected chi connectivity index (χ0v) is 12.9. The first-order valence-corrected chi connectivity index (χ1v) is 7.80. The molecule has 0 atom stereocenters. The predicted octanol–water partition coefficient (Wildman–Crippen LogP) is 3.09. The van der Waals surface area contributed by atoms with Crippen LogP contribution in [0.2, 0.25) is 0 Å². The summed E-state index contributed by atoms with van der Waals surface area (Å²) in [6.45, 7) is 9.52. The SMILES string of the molecule is CC(C)(C)SCCN1CCCN(CC(F)(F)F)CC1. The van der Waals surface area contributed by atoms with E-state index in [0.717, 1.165) is 31.8 Å². The first-order chi connectivity index (χ1) is 8.66. The summed E-state index contributed by atoms with van der Waals surface area (Å²) in [5.41, 5.74) is 0. The summed E-state index contributed by atoms with van der Waals surface area (Å²) >= 11 is 1.91. The summed E-state index contributed by atoms with van der Waals surface area (Å²) < 4.78 is 37.3. The van der Waals surface area contributed by atoms with E-state index >= 15 is 0 Å². The fraction of sp³-hybridized carbons (Fsp3) is 1.00. The lowest BCUT2D eigenvalue weighted by Crippen LogP contribution is -2.37. The molecular formula is C13H25F3N2S. The molecule has 0 aliphatic carbocycles. The molecule has 0 radical (unpaired) electrons. The van der Waals surface area contributed by atoms with E-state index < -0.39 is 12.7 Å². The first kappa shape index (κ1) is 17.1. The normalized spacial score (nSPS) is 20.5. The molecule has 0 bridgehead atoms. The van der Waals surface area contributed by atoms with Crippen LogP contribution in [0.4, 0.5) is 13.2 Å². The van der Waals surface area contributed by atoms with Crippen LogP contribution in [-0.4, -0.2) is 65.7 Å². The largest absolute Gasteiger partial charge is 0.401 e. The number of rotatable bonds is 4. The van der Waals surface area contributed by atoms with Gasteiger partial charge in [0.15, 0.2) is 0 Å². The van der Waals surface area contributed by atoms with Gasteiger partial charge in [-0.05, 0) is 19.5 Å². The molecule has 0 aromatic rings. The highest BCUT2D eigenvalue weighted by molar-refractivity contribution is 8.00. The molecule has 0 spiro atoms. The third kappa shape index (κ3) is 8.76. The molecule has 0 aromatic heterocycles. The lowest BCUT2D eigenvalue weighted by Gasteiger charge is -2.24. The molecule has 0 amide bonds. The second-order valence-corrected chi connectivity index (χ2v) is 7.97. The molecule has 1 saturated heterocycles. The van der Waals surface area contributed by atoms with E-state index in [2.05, 4.69) is 25.7 Å². The number of hydrogen-bond donors (Lipinski definition) is 0. The minimum Gasteiger partial charge on any atom is -0.301 e. The van der Waals surface area contributed by atoms with Gasteiger partial charge < -0.3 is 4.90 Å². The quantitative estimate of drug-likeness (QED) is 0.787. The number of nitrogens with zero attached hydrogens (tertiary/aromatic N) is 2. The molecule has 0 unspecified atom stereocenters. The third-order valence-electron chi connectivity index (χ3n) is 3.03. The van der Waals surface area contributed by atoms with E-state index in [1.165, 1.54) is 4.90 Å². The van der Waals surface area contributed by atoms with Crippen LogP contribution in [0.1, 0.15) is 27.2 Å². The Labute approximate surface area is 118 Å². The Kier molecular flexibility index (Phi) is 6.47. The van der Waals surface area contributed by atoms with Crippen molar-refractivity contribution in [3.8, 4) is 0 Å². The zero-order chi connectivity index (χ0) is 14.5. The van der Waals surface area contributed by atoms with Gasteiger partial charge in [-0.1, -0.05) is 20.8 Å². The first-order valence-electron chi connectivity index (χ1n) is 6.81. The molecule has 0 saturated carbocycles. The number of halogens is 3. The van der Waals surface area contributed by atoms with Crippen LogP contribution in [0.25, 0.3) is 0 Å². The van der Waals surface area contributed by atoms with E-state index in [4.69, 9.17) is 0 Å². The summed E-state index contributed by atoms with van der Waals surface area (Å²) in [5, 5.41) is 0. The van der Waals surface area contributed by atoms with Gasteiger partial charge in [-0.3, -0.25) is 4.90 Å². The van der Waals surface area contributed by atoms with E-state index in [0.29, 0.717) is 13.1 Å². The van der Waals surface area contributed by atoms with Gasteiger partial charge in [-0.15, -0.1) is 0 Å². The molecule has 0 aromatic carbocycles. The summed E-state index contributed by atoms with van der Waals surface area (Å²) in [5.74, 6) is 1.04. The average molecular weight is 298 g/mol. The maximum atomic E-state index is 12.3. The topological polar surface area (TPSA) is 6.48 Å². The number of hydrogen-bond acceptors (Lipinski definition) is 3. The van der Waals surface area contributed by atoms with Gasteiger partial charge in [-0.25, -0.2) is 0 Å². The Hall–Kier alpha value is 0.0600. The van der Waals surface area contributed by atoms with E-state index in [1.54, 1.807) is 0 Å². The highest BCUT2D eigenvalue weighted by atomic mass is 32.2. The van der Waals surface area contributed by atoms with Crippen LogP contribution < -0.4 is 0 Å². The highest BCUT2D eigenvalue weighted by Crippen LogP contribution is 2.23. The Bertz CT molecular complexity index is 264. The molecule has 114 valence electrons. The molecule has 1 rings (SSSR count). The van der Waals surface area contributed by atoms with Crippen LogP contribution in [0.5, 0.6) is 0 Å². The van der Waals surface area contributed by atoms with Gasteiger partial charge in [0.2, 0.25) is 0 Å². The van der Waals surface area contributed by atoms with Crippen molar-refractivity contribution >= 4 is 11.8 Å². The Morgan fingerprint density at radius 2 is 1.53 bits per heavy atom. The molecular weight excluding hydrogens is 273 g/mol. The monoisotopic (exact) mass is 298 g/mol. The van der Waals surface area contributed by atoms with Crippen molar-refractivity contribution in [2.24, 2.45) is 0 Å². The maximum Gasteiger partial charge on any atom is 0.401 e. The van der Waals surface area contributed by atoms with Crippen LogP contribution in [-0.2, 0) is 0 Å². The Morgan fingerprint density at radius 3 is 2.11 bits per heavy atom. The molecule has 6 heteroatoms. The summed E-state index contributed by atoms with van der Waals surface area (Å²) in [7, 11) is 0. The average Bonchev–Trinajstić information content (AvgIpc) is 2.40. The lowest BCUT2D eigenvalue weighted by molar-refractivity contribution is -0.145. The van der Waals surface area contributed by atoms with Crippen molar-refractivity contribution in [3.05, 3.63) is 0 Å². The van der Waals surface area contributed by atoms with Crippen molar-refractivity contribution in [2.45, 2.75) is 38.1 Å². The summed E-state index contributed by atoms with van der Waals surface area (Å²) in [6.07, 6.45) is -3.24. The molecule has 1 aliphatic rings. The predicted molar refractivity (Wildman–Crippen MR) is 75.8 cm³/mol. The molecule has 0 N–H and O–H groups in total. The Morgan fingerprint density at radius 1 is 0.947 bits per heavy atom. The fourth-order valence-electron chi connectivity index (χ4n) is 2.14. The van der Waals surface area contributed by atoms with Gasteiger partial charge in [0.1, 0.15) is 0 Å². The van der Waals surface area contributed by atoms with Crippen LogP contribution in [0.15, 0.2) is 0 Å². The zero-order valence-electron chi connectivity index (χ0n) is 12.1. The van der Waals surface area contributed by atoms with E-state index in [-0.39, 0.29) is 4.75 Å². The second-order valence-electron chi connectivity index (χ2n) is 6.05. The number of thioether (sulfide) groups is 1. The van der Waals surface area contributed by atoms with Gasteiger partial charge in [-0.2, -0.15) is 24.9 Å². The van der Waals surface area contributed by atoms with Crippen LogP contribution in [0, 0.1) is 0 Å². The fourth-order valence-corrected chi connectivity index (χ4v) is 3.10. The van der Waals surface area contributed by atoms with E-state index in [9.17, 15) is 13.2 Å². The minimum atomic E-state index is -4.07. The van der Waals surface area contributed by atoms with E-state index in [1.807, 2.05) is 11.8 Å². The summed E-state index contributed by atoms with van der Waals surface area (Å²) in [6, 6.07) is 0. The second kappa shape index (κ2) is 7.18. The molecule has 1 fully saturated rings. The van der Waals surface area contributed by atoms with Gasteiger partial charge in [0.05, 0.1) is 6.54 Å². The van der Waals surface area contributed by atoms with Crippen molar-refractivity contribution in [2.75, 3.05) is 45.0 Å². The third-order valence-corrected chi connectivity index (χ3v) is 4.28. The van der Waals surface area contributed by atoms with Gasteiger partial charge >= 0.3 is 6.18 Å². The van der Waals surface area contributed by atoms with Crippen LogP contribution in [0.3, 0.4) is 0 Å². The molecule has 2 nitrogen and oxygen atoms in total. The maximum absolute atomic E-state index is 12.3. The Balaban J connectivity index is 2.26. The van der Waals surface area contributed by atoms with Crippen molar-refractivity contribution in [3.63, 3.8) is 0 Å². The highest BCUT2D eigenvalue weighted by Gasteiger charge is 2.31. The van der Waals surface area contributed by atoms with Crippen molar-refractivity contribution in [1.82, 2.24) is 9.80 Å². The standard InChI is InChI=1S/C13H25F3N2S/c1-12(2,3)19-10-9-17-5-4-6-18(8-7-17)11-13(14,15)16/h4-11H2,1-3H3. The van der Waals surface area contributed by atoms with Crippen molar-refractivity contribution < 1.29 is 13.2 Å². The lowest BCUT2D eigenvalue weighted by atomic mass is 10.3. The van der Waals surface area contributed by atoms with Gasteiger partial charge in [0.25, 0.3) is 0 Å². The molecule has 19 heavy (non-hydrogen) atoms. The smallest absolute Gasteiger partial charge is 0.301 e. The number of alkyl halides is 3. The molecule has 1 heterocycles. The summed E-state index contributed by atoms with van der Waals surface area (Å²) in [4.78, 5) is 3.81. The molecule has 1 aliphatic heterocycles. The van der Waals surface area contributed by atoms with Crippen molar-refractivity contribution in [1.29, 1.82) is 0 Å².